The van der Waals surface area contributed by atoms with Gasteiger partial charge in [-0.15, -0.1) is 0 Å². The summed E-state index contributed by atoms with van der Waals surface area (Å²) in [7, 11) is 0. The number of rotatable bonds is 2. The lowest BCUT2D eigenvalue weighted by Crippen LogP contribution is -2.29. The molecule has 0 radical (unpaired) electrons. The van der Waals surface area contributed by atoms with Crippen molar-refractivity contribution in [1.29, 1.82) is 0 Å². The van der Waals surface area contributed by atoms with Gasteiger partial charge < -0.3 is 4.57 Å². The highest BCUT2D eigenvalue weighted by Crippen LogP contribution is 2.39. The van der Waals surface area contributed by atoms with Crippen molar-refractivity contribution in [3.05, 3.63) is 108 Å². The van der Waals surface area contributed by atoms with Gasteiger partial charge in [-0.1, -0.05) is 60.7 Å². The predicted octanol–water partition coefficient (Wildman–Crippen LogP) is 5.58. The first-order chi connectivity index (χ1) is 14.8. The van der Waals surface area contributed by atoms with Crippen LogP contribution >= 0.6 is 0 Å². The Kier molecular flexibility index (Phi) is 3.44. The summed E-state index contributed by atoms with van der Waals surface area (Å²) in [6.45, 7) is 0. The molecule has 1 aromatic heterocycles. The van der Waals surface area contributed by atoms with Crippen molar-refractivity contribution < 1.29 is 9.59 Å². The number of para-hydroxylation sites is 3. The van der Waals surface area contributed by atoms with Crippen LogP contribution in [-0.2, 0) is 0 Å². The van der Waals surface area contributed by atoms with Gasteiger partial charge in [0.15, 0.2) is 0 Å². The molecule has 6 rings (SSSR count). The molecule has 0 atom stereocenters. The summed E-state index contributed by atoms with van der Waals surface area (Å²) in [6.07, 6.45) is 0. The normalized spacial score (nSPS) is 13.4. The predicted molar refractivity (Wildman–Crippen MR) is 118 cm³/mol. The van der Waals surface area contributed by atoms with Gasteiger partial charge in [-0.2, -0.15) is 0 Å². The maximum absolute atomic E-state index is 13.6. The van der Waals surface area contributed by atoms with E-state index in [-0.39, 0.29) is 11.8 Å². The van der Waals surface area contributed by atoms with Crippen LogP contribution in [0.15, 0.2) is 97.1 Å². The smallest absolute Gasteiger partial charge is 0.268 e. The number of carbonyl (C=O) groups is 2. The molecular formula is C26H16N2O2. The van der Waals surface area contributed by atoms with E-state index in [9.17, 15) is 9.59 Å². The van der Waals surface area contributed by atoms with Crippen molar-refractivity contribution in [2.45, 2.75) is 0 Å². The highest BCUT2D eigenvalue weighted by Gasteiger charge is 2.39. The average molecular weight is 388 g/mol. The molecule has 1 aliphatic rings. The van der Waals surface area contributed by atoms with Crippen LogP contribution in [0.25, 0.3) is 27.5 Å². The van der Waals surface area contributed by atoms with Crippen LogP contribution in [0.3, 0.4) is 0 Å². The lowest BCUT2D eigenvalue weighted by atomic mass is 10.0. The second-order valence-corrected chi connectivity index (χ2v) is 7.35. The number of fused-ring (bicyclic) bond motifs is 5. The zero-order valence-electron chi connectivity index (χ0n) is 15.9. The Hall–Kier alpha value is -4.18. The van der Waals surface area contributed by atoms with E-state index in [2.05, 4.69) is 10.6 Å². The summed E-state index contributed by atoms with van der Waals surface area (Å²) in [6, 6.07) is 30.9. The molecular weight excluding hydrogens is 372 g/mol. The van der Waals surface area contributed by atoms with Crippen LogP contribution in [0.4, 0.5) is 5.69 Å². The van der Waals surface area contributed by atoms with E-state index in [1.807, 2.05) is 72.8 Å². The Bertz CT molecular complexity index is 1470. The minimum absolute atomic E-state index is 0.284. The van der Waals surface area contributed by atoms with Gasteiger partial charge in [0.2, 0.25) is 0 Å². The molecule has 142 valence electrons. The molecule has 0 fully saturated rings. The van der Waals surface area contributed by atoms with Gasteiger partial charge >= 0.3 is 0 Å². The summed E-state index contributed by atoms with van der Waals surface area (Å²) in [5.74, 6) is -0.570. The van der Waals surface area contributed by atoms with Crippen LogP contribution in [0.5, 0.6) is 0 Å². The Balaban J connectivity index is 1.73. The van der Waals surface area contributed by atoms with E-state index in [0.717, 1.165) is 27.5 Å². The van der Waals surface area contributed by atoms with E-state index in [1.54, 1.807) is 18.2 Å². The van der Waals surface area contributed by atoms with E-state index in [0.29, 0.717) is 16.8 Å². The zero-order chi connectivity index (χ0) is 20.2. The number of benzene rings is 4. The molecule has 0 N–H and O–H groups in total. The van der Waals surface area contributed by atoms with Crippen LogP contribution in [0.2, 0.25) is 0 Å². The molecule has 4 heteroatoms. The van der Waals surface area contributed by atoms with Gasteiger partial charge in [0.1, 0.15) is 0 Å². The summed E-state index contributed by atoms with van der Waals surface area (Å²) >= 11 is 0. The first kappa shape index (κ1) is 16.7. The fourth-order valence-corrected chi connectivity index (χ4v) is 4.43. The zero-order valence-corrected chi connectivity index (χ0v) is 15.9. The Morgan fingerprint density at radius 1 is 0.533 bits per heavy atom. The summed E-state index contributed by atoms with van der Waals surface area (Å²) in [5, 5.41) is 2.02. The number of hydrogen-bond acceptors (Lipinski definition) is 2. The lowest BCUT2D eigenvalue weighted by molar-refractivity contribution is 0.0926. The van der Waals surface area contributed by atoms with Gasteiger partial charge in [-0.25, -0.2) is 4.90 Å². The number of carbonyl (C=O) groups excluding carboxylic acids is 2. The van der Waals surface area contributed by atoms with Crippen molar-refractivity contribution in [2.24, 2.45) is 0 Å². The first-order valence-electron chi connectivity index (χ1n) is 9.81. The van der Waals surface area contributed by atoms with Crippen LogP contribution in [0.1, 0.15) is 20.7 Å². The number of imide groups is 1. The fourth-order valence-electron chi connectivity index (χ4n) is 4.43. The molecule has 0 unspecified atom stereocenters. The Morgan fingerprint density at radius 2 is 1.17 bits per heavy atom. The van der Waals surface area contributed by atoms with Crippen molar-refractivity contribution in [2.75, 3.05) is 4.90 Å². The van der Waals surface area contributed by atoms with Gasteiger partial charge in [-0.3, -0.25) is 9.59 Å². The van der Waals surface area contributed by atoms with Crippen LogP contribution < -0.4 is 4.90 Å². The molecule has 0 saturated carbocycles. The molecule has 5 aromatic rings. The number of anilines is 1. The van der Waals surface area contributed by atoms with Gasteiger partial charge in [0, 0.05) is 16.5 Å². The summed E-state index contributed by atoms with van der Waals surface area (Å²) < 4.78 is 2.09. The molecule has 0 saturated heterocycles. The molecule has 1 aliphatic heterocycles. The minimum atomic E-state index is -0.285. The standard InChI is InChI=1S/C26H16N2O2/c29-25-21-16-15-20-19-13-7-8-14-22(19)27(17-9-3-1-4-10-17)24(20)23(21)26(30)28(25)18-11-5-2-6-12-18/h1-16H. The monoisotopic (exact) mass is 388 g/mol. The SMILES string of the molecule is O=C1c2ccc3c4ccccc4n(-c4ccccc4)c3c2C(=O)N1c1ccccc1. The molecule has 30 heavy (non-hydrogen) atoms. The largest absolute Gasteiger partial charge is 0.308 e. The molecule has 2 heterocycles. The van der Waals surface area contributed by atoms with E-state index < -0.39 is 0 Å². The third kappa shape index (κ3) is 2.16. The highest BCUT2D eigenvalue weighted by molar-refractivity contribution is 6.38. The Labute approximate surface area is 172 Å². The number of aromatic nitrogens is 1. The molecule has 2 amide bonds. The average Bonchev–Trinajstić information content (AvgIpc) is 3.26. The number of hydrogen-bond donors (Lipinski definition) is 0. The third-order valence-electron chi connectivity index (χ3n) is 5.72. The topological polar surface area (TPSA) is 42.3 Å². The number of amides is 2. The molecule has 0 spiro atoms. The third-order valence-corrected chi connectivity index (χ3v) is 5.72. The van der Waals surface area contributed by atoms with Crippen molar-refractivity contribution >= 4 is 39.3 Å². The fraction of sp³-hybridized carbons (Fsp3) is 0. The van der Waals surface area contributed by atoms with Gasteiger partial charge in [-0.05, 0) is 36.4 Å². The maximum Gasteiger partial charge on any atom is 0.268 e. The molecule has 4 nitrogen and oxygen atoms in total. The highest BCUT2D eigenvalue weighted by atomic mass is 16.2. The van der Waals surface area contributed by atoms with Gasteiger partial charge in [0.25, 0.3) is 11.8 Å². The second kappa shape index (κ2) is 6.16. The molecule has 4 aromatic carbocycles. The Morgan fingerprint density at radius 3 is 1.90 bits per heavy atom. The van der Waals surface area contributed by atoms with Crippen molar-refractivity contribution in [3.8, 4) is 5.69 Å². The minimum Gasteiger partial charge on any atom is -0.308 e. The lowest BCUT2D eigenvalue weighted by Gasteiger charge is -2.13. The quantitative estimate of drug-likeness (QED) is 0.370. The summed E-state index contributed by atoms with van der Waals surface area (Å²) in [5.41, 5.74) is 4.22. The summed E-state index contributed by atoms with van der Waals surface area (Å²) in [4.78, 5) is 28.1. The van der Waals surface area contributed by atoms with E-state index >= 15 is 0 Å². The molecule has 0 aliphatic carbocycles. The van der Waals surface area contributed by atoms with Crippen molar-refractivity contribution in [1.82, 2.24) is 4.57 Å². The van der Waals surface area contributed by atoms with Gasteiger partial charge in [0.05, 0.1) is 27.8 Å². The molecule has 0 bridgehead atoms. The maximum atomic E-state index is 13.6. The van der Waals surface area contributed by atoms with E-state index in [4.69, 9.17) is 0 Å². The van der Waals surface area contributed by atoms with Crippen LogP contribution in [0, 0.1) is 0 Å². The van der Waals surface area contributed by atoms with Crippen LogP contribution in [-0.4, -0.2) is 16.4 Å². The second-order valence-electron chi connectivity index (χ2n) is 7.35. The van der Waals surface area contributed by atoms with E-state index in [1.165, 1.54) is 4.90 Å². The van der Waals surface area contributed by atoms with Crippen molar-refractivity contribution in [3.63, 3.8) is 0 Å². The number of nitrogens with zero attached hydrogens (tertiary/aromatic N) is 2. The first-order valence-corrected chi connectivity index (χ1v) is 9.81.